The van der Waals surface area contributed by atoms with Crippen LogP contribution in [0.3, 0.4) is 0 Å². The van der Waals surface area contributed by atoms with E-state index in [4.69, 9.17) is 0 Å². The molecule has 2 nitrogen and oxygen atoms in total. The van der Waals surface area contributed by atoms with Crippen LogP contribution in [0.4, 0.5) is 51.7 Å². The summed E-state index contributed by atoms with van der Waals surface area (Å²) in [5.74, 6) is -3.70. The van der Waals surface area contributed by atoms with E-state index in [1.165, 1.54) is 12.1 Å². The number of hydrogen-bond acceptors (Lipinski definition) is 2. The lowest BCUT2D eigenvalue weighted by Gasteiger charge is -2.44. The van der Waals surface area contributed by atoms with E-state index < -0.39 is 23.3 Å². The van der Waals surface area contributed by atoms with E-state index in [-0.39, 0.29) is 6.71 Å². The van der Waals surface area contributed by atoms with E-state index in [1.807, 2.05) is 76.5 Å². The van der Waals surface area contributed by atoms with Gasteiger partial charge < -0.3 is 9.80 Å². The molecule has 0 amide bonds. The number of benzene rings is 5. The second-order valence-corrected chi connectivity index (χ2v) is 9.13. The summed E-state index contributed by atoms with van der Waals surface area (Å²) in [4.78, 5) is 3.84. The van der Waals surface area contributed by atoms with E-state index in [9.17, 15) is 17.6 Å². The highest BCUT2D eigenvalue weighted by molar-refractivity contribution is 7.00. The standard InChI is InChI=1S/C30H17BF4N2/c32-22-14-12-18(16-24(22)34)36-26-8-3-1-6-20(26)31-21-7-2-4-9-27(21)37(19-13-15-23(33)25(35)17-19)29-11-5-10-28(36)30(29)31/h1-17H. The SMILES string of the molecule is Fc1ccc(N2c3ccccc3B3c4ccccc4N(c4ccc(F)c(F)c4)c4cccc2c43)cc1F. The molecule has 2 aliphatic heterocycles. The molecule has 0 atom stereocenters. The number of nitrogens with zero attached hydrogens (tertiary/aromatic N) is 2. The van der Waals surface area contributed by atoms with Crippen molar-refractivity contribution in [2.24, 2.45) is 0 Å². The van der Waals surface area contributed by atoms with Crippen LogP contribution in [0.15, 0.2) is 103 Å². The Hall–Kier alpha value is -4.52. The Morgan fingerprint density at radius 3 is 1.32 bits per heavy atom. The zero-order valence-electron chi connectivity index (χ0n) is 19.3. The molecule has 0 aliphatic carbocycles. The maximum Gasteiger partial charge on any atom is 0.252 e. The molecule has 0 radical (unpaired) electrons. The highest BCUT2D eigenvalue weighted by Crippen LogP contribution is 2.43. The molecule has 5 aromatic carbocycles. The van der Waals surface area contributed by atoms with Gasteiger partial charge in [-0.1, -0.05) is 42.5 Å². The van der Waals surface area contributed by atoms with Gasteiger partial charge in [0.25, 0.3) is 6.71 Å². The minimum Gasteiger partial charge on any atom is -0.311 e. The quantitative estimate of drug-likeness (QED) is 0.206. The first-order valence-electron chi connectivity index (χ1n) is 11.8. The third-order valence-corrected chi connectivity index (χ3v) is 7.13. The molecule has 0 spiro atoms. The normalized spacial score (nSPS) is 13.2. The first kappa shape index (κ1) is 21.7. The van der Waals surface area contributed by atoms with Crippen molar-refractivity contribution in [1.82, 2.24) is 0 Å². The van der Waals surface area contributed by atoms with Gasteiger partial charge in [0.1, 0.15) is 0 Å². The van der Waals surface area contributed by atoms with Crippen LogP contribution in [-0.4, -0.2) is 6.71 Å². The van der Waals surface area contributed by atoms with Crippen LogP contribution >= 0.6 is 0 Å². The topological polar surface area (TPSA) is 6.48 Å². The lowest BCUT2D eigenvalue weighted by molar-refractivity contribution is 0.509. The Labute approximate surface area is 211 Å². The van der Waals surface area contributed by atoms with Crippen molar-refractivity contribution in [2.75, 3.05) is 9.80 Å². The summed E-state index contributed by atoms with van der Waals surface area (Å²) in [6.45, 7) is -0.151. The zero-order valence-corrected chi connectivity index (χ0v) is 19.3. The Kier molecular flexibility index (Phi) is 4.70. The second-order valence-electron chi connectivity index (χ2n) is 9.13. The van der Waals surface area contributed by atoms with Crippen molar-refractivity contribution < 1.29 is 17.6 Å². The molecule has 7 heteroatoms. The fraction of sp³-hybridized carbons (Fsp3) is 0. The monoisotopic (exact) mass is 492 g/mol. The minimum absolute atomic E-state index is 0.151. The maximum atomic E-state index is 14.4. The van der Waals surface area contributed by atoms with Gasteiger partial charge in [0.2, 0.25) is 0 Å². The molecule has 0 N–H and O–H groups in total. The minimum atomic E-state index is -0.935. The summed E-state index contributed by atoms with van der Waals surface area (Å²) in [5, 5.41) is 0. The summed E-state index contributed by atoms with van der Waals surface area (Å²) in [7, 11) is 0. The molecular weight excluding hydrogens is 475 g/mol. The molecule has 2 aliphatic rings. The van der Waals surface area contributed by atoms with Crippen molar-refractivity contribution in [1.29, 1.82) is 0 Å². The Balaban J connectivity index is 1.55. The van der Waals surface area contributed by atoms with Gasteiger partial charge in [-0.15, -0.1) is 0 Å². The first-order valence-corrected chi connectivity index (χ1v) is 11.8. The number of para-hydroxylation sites is 2. The van der Waals surface area contributed by atoms with Gasteiger partial charge in [-0.3, -0.25) is 0 Å². The van der Waals surface area contributed by atoms with Crippen LogP contribution in [-0.2, 0) is 0 Å². The summed E-state index contributed by atoms with van der Waals surface area (Å²) in [6, 6.07) is 29.3. The van der Waals surface area contributed by atoms with Crippen LogP contribution in [0.2, 0.25) is 0 Å². The van der Waals surface area contributed by atoms with Crippen molar-refractivity contribution >= 4 is 57.2 Å². The van der Waals surface area contributed by atoms with E-state index in [1.54, 1.807) is 12.1 Å². The first-order chi connectivity index (χ1) is 18.0. The lowest BCUT2D eigenvalue weighted by atomic mass is 9.33. The van der Waals surface area contributed by atoms with Crippen LogP contribution < -0.4 is 26.2 Å². The number of fused-ring (bicyclic) bond motifs is 4. The predicted molar refractivity (Wildman–Crippen MR) is 140 cm³/mol. The molecule has 0 fully saturated rings. The van der Waals surface area contributed by atoms with Crippen LogP contribution in [0.5, 0.6) is 0 Å². The van der Waals surface area contributed by atoms with E-state index >= 15 is 0 Å². The second kappa shape index (κ2) is 8.00. The molecule has 0 saturated carbocycles. The van der Waals surface area contributed by atoms with E-state index in [2.05, 4.69) is 0 Å². The molecule has 5 aromatic rings. The van der Waals surface area contributed by atoms with Gasteiger partial charge in [-0.25, -0.2) is 17.6 Å². The largest absolute Gasteiger partial charge is 0.311 e. The van der Waals surface area contributed by atoms with Gasteiger partial charge in [0.05, 0.1) is 0 Å². The molecule has 178 valence electrons. The Bertz CT molecular complexity index is 1600. The van der Waals surface area contributed by atoms with E-state index in [0.29, 0.717) is 11.4 Å². The van der Waals surface area contributed by atoms with Gasteiger partial charge >= 0.3 is 0 Å². The van der Waals surface area contributed by atoms with Crippen molar-refractivity contribution in [3.05, 3.63) is 126 Å². The smallest absolute Gasteiger partial charge is 0.252 e. The van der Waals surface area contributed by atoms with Crippen molar-refractivity contribution in [2.45, 2.75) is 0 Å². The predicted octanol–water partition coefficient (Wildman–Crippen LogP) is 6.33. The number of halogens is 4. The van der Waals surface area contributed by atoms with Crippen LogP contribution in [0, 0.1) is 23.3 Å². The molecule has 0 bridgehead atoms. The van der Waals surface area contributed by atoms with Crippen molar-refractivity contribution in [3.8, 4) is 0 Å². The molecule has 2 heterocycles. The molecule has 0 aromatic heterocycles. The molecule has 0 unspecified atom stereocenters. The number of hydrogen-bond donors (Lipinski definition) is 0. The van der Waals surface area contributed by atoms with Crippen molar-refractivity contribution in [3.63, 3.8) is 0 Å². The fourth-order valence-electron chi connectivity index (χ4n) is 5.64. The number of anilines is 6. The Morgan fingerprint density at radius 2 is 0.865 bits per heavy atom. The summed E-state index contributed by atoms with van der Waals surface area (Å²) in [6.07, 6.45) is 0. The average Bonchev–Trinajstić information content (AvgIpc) is 2.92. The lowest BCUT2D eigenvalue weighted by Crippen LogP contribution is -2.61. The average molecular weight is 492 g/mol. The highest BCUT2D eigenvalue weighted by atomic mass is 19.2. The summed E-state index contributed by atoms with van der Waals surface area (Å²) in [5.41, 5.74) is 7.23. The Morgan fingerprint density at radius 1 is 0.432 bits per heavy atom. The van der Waals surface area contributed by atoms with Gasteiger partial charge in [0, 0.05) is 46.3 Å². The summed E-state index contributed by atoms with van der Waals surface area (Å²) >= 11 is 0. The zero-order chi connectivity index (χ0) is 25.3. The summed E-state index contributed by atoms with van der Waals surface area (Å²) < 4.78 is 56.5. The molecule has 7 rings (SSSR count). The molecule has 37 heavy (non-hydrogen) atoms. The molecule has 0 saturated heterocycles. The number of rotatable bonds is 2. The van der Waals surface area contributed by atoms with Crippen LogP contribution in [0.1, 0.15) is 0 Å². The third-order valence-electron chi connectivity index (χ3n) is 7.13. The highest BCUT2D eigenvalue weighted by Gasteiger charge is 2.42. The van der Waals surface area contributed by atoms with Crippen LogP contribution in [0.25, 0.3) is 0 Å². The third kappa shape index (κ3) is 3.13. The van der Waals surface area contributed by atoms with Gasteiger partial charge in [-0.2, -0.15) is 0 Å². The van der Waals surface area contributed by atoms with E-state index in [0.717, 1.165) is 51.3 Å². The molecular formula is C30H17BF4N2. The maximum absolute atomic E-state index is 14.4. The fourth-order valence-corrected chi connectivity index (χ4v) is 5.64. The van der Waals surface area contributed by atoms with Gasteiger partial charge in [-0.05, 0) is 64.9 Å². The van der Waals surface area contributed by atoms with Gasteiger partial charge in [0.15, 0.2) is 23.3 Å².